The van der Waals surface area contributed by atoms with E-state index in [9.17, 15) is 13.6 Å². The first-order chi connectivity index (χ1) is 6.43. The molecule has 1 heterocycles. The van der Waals surface area contributed by atoms with Gasteiger partial charge in [0.15, 0.2) is 0 Å². The Bertz CT molecular complexity index is 359. The van der Waals surface area contributed by atoms with Crippen molar-refractivity contribution in [3.8, 4) is 0 Å². The van der Waals surface area contributed by atoms with E-state index in [-0.39, 0.29) is 10.7 Å². The summed E-state index contributed by atoms with van der Waals surface area (Å²) in [6.45, 7) is 1.47. The second kappa shape index (κ2) is 4.19. The molecule has 2 nitrogen and oxygen atoms in total. The largest absolute Gasteiger partial charge is 0.280 e. The Kier molecular flexibility index (Phi) is 3.39. The molecule has 0 fully saturated rings. The third kappa shape index (κ3) is 2.19. The van der Waals surface area contributed by atoms with Gasteiger partial charge in [0, 0.05) is 0 Å². The Morgan fingerprint density at radius 2 is 2.14 bits per heavy atom. The molecule has 6 heteroatoms. The second-order valence-electron chi connectivity index (χ2n) is 2.60. The number of hydrogen-bond acceptors (Lipinski definition) is 2. The van der Waals surface area contributed by atoms with Gasteiger partial charge in [-0.15, -0.1) is 0 Å². The summed E-state index contributed by atoms with van der Waals surface area (Å²) in [5, 5.41) is -1.10. The summed E-state index contributed by atoms with van der Waals surface area (Å²) >= 11 is 10.7. The van der Waals surface area contributed by atoms with Crippen molar-refractivity contribution < 1.29 is 13.6 Å². The molecule has 0 N–H and O–H groups in total. The molecule has 0 amide bonds. The molecule has 0 aromatic carbocycles. The van der Waals surface area contributed by atoms with Gasteiger partial charge in [-0.1, -0.05) is 11.6 Å². The fourth-order valence-corrected chi connectivity index (χ4v) is 1.63. The minimum atomic E-state index is -2.72. The van der Waals surface area contributed by atoms with Gasteiger partial charge in [0.05, 0.1) is 5.56 Å². The van der Waals surface area contributed by atoms with Gasteiger partial charge >= 0.3 is 0 Å². The van der Waals surface area contributed by atoms with Crippen LogP contribution in [0, 0.1) is 6.92 Å². The van der Waals surface area contributed by atoms with Crippen molar-refractivity contribution in [2.45, 2.75) is 13.3 Å². The van der Waals surface area contributed by atoms with E-state index < -0.39 is 17.4 Å². The molecule has 1 aromatic heterocycles. The zero-order valence-electron chi connectivity index (χ0n) is 7.02. The standard InChI is InChI=1S/C8H5Cl2F2NO/c1-3-2-4(8(11)12)13-6(9)5(3)7(10)14/h2,8H,1H3. The maximum absolute atomic E-state index is 12.2. The van der Waals surface area contributed by atoms with Crippen LogP contribution in [0.25, 0.3) is 0 Å². The number of aryl methyl sites for hydroxylation is 1. The van der Waals surface area contributed by atoms with Crippen LogP contribution in [0.5, 0.6) is 0 Å². The van der Waals surface area contributed by atoms with E-state index in [0.29, 0.717) is 5.56 Å². The number of nitrogens with zero attached hydrogens (tertiary/aromatic N) is 1. The first-order valence-corrected chi connectivity index (χ1v) is 4.34. The number of aromatic nitrogens is 1. The second-order valence-corrected chi connectivity index (χ2v) is 3.31. The van der Waals surface area contributed by atoms with Crippen molar-refractivity contribution in [1.82, 2.24) is 4.98 Å². The number of alkyl halides is 2. The fourth-order valence-electron chi connectivity index (χ4n) is 1.01. The molecular formula is C8H5Cl2F2NO. The summed E-state index contributed by atoms with van der Waals surface area (Å²) in [6, 6.07) is 1.09. The zero-order chi connectivity index (χ0) is 10.9. The van der Waals surface area contributed by atoms with Gasteiger partial charge in [0.2, 0.25) is 0 Å². The fraction of sp³-hybridized carbons (Fsp3) is 0.250. The number of hydrogen-bond donors (Lipinski definition) is 0. The first-order valence-electron chi connectivity index (χ1n) is 3.58. The molecule has 0 spiro atoms. The predicted molar refractivity (Wildman–Crippen MR) is 49.1 cm³/mol. The smallest absolute Gasteiger partial charge is 0.275 e. The minimum absolute atomic E-state index is 0.0299. The van der Waals surface area contributed by atoms with Crippen LogP contribution >= 0.6 is 23.2 Å². The average molecular weight is 240 g/mol. The highest BCUT2D eigenvalue weighted by molar-refractivity contribution is 6.68. The summed E-state index contributed by atoms with van der Waals surface area (Å²) in [6.07, 6.45) is -2.72. The molecule has 1 aromatic rings. The lowest BCUT2D eigenvalue weighted by molar-refractivity contribution is 0.107. The van der Waals surface area contributed by atoms with Crippen molar-refractivity contribution in [3.05, 3.63) is 28.0 Å². The van der Waals surface area contributed by atoms with Crippen LogP contribution in [0.2, 0.25) is 5.15 Å². The molecule has 0 bridgehead atoms. The topological polar surface area (TPSA) is 30.0 Å². The van der Waals surface area contributed by atoms with Crippen LogP contribution in [0.1, 0.15) is 28.0 Å². The molecule has 0 radical (unpaired) electrons. The highest BCUT2D eigenvalue weighted by Gasteiger charge is 2.17. The third-order valence-corrected chi connectivity index (χ3v) is 2.07. The Labute approximate surface area is 88.8 Å². The van der Waals surface area contributed by atoms with E-state index in [1.165, 1.54) is 6.92 Å². The molecule has 76 valence electrons. The van der Waals surface area contributed by atoms with Gasteiger partial charge in [0.25, 0.3) is 11.7 Å². The van der Waals surface area contributed by atoms with Crippen molar-refractivity contribution in [2.75, 3.05) is 0 Å². The quantitative estimate of drug-likeness (QED) is 0.586. The van der Waals surface area contributed by atoms with Crippen LogP contribution in [0.15, 0.2) is 6.07 Å². The van der Waals surface area contributed by atoms with Gasteiger partial charge in [0.1, 0.15) is 10.8 Å². The molecular weight excluding hydrogens is 235 g/mol. The Morgan fingerprint density at radius 3 is 2.50 bits per heavy atom. The van der Waals surface area contributed by atoms with Crippen molar-refractivity contribution in [1.29, 1.82) is 0 Å². The molecule has 0 saturated carbocycles. The summed E-state index contributed by atoms with van der Waals surface area (Å²) < 4.78 is 24.4. The Morgan fingerprint density at radius 1 is 1.57 bits per heavy atom. The number of halogens is 4. The highest BCUT2D eigenvalue weighted by atomic mass is 35.5. The van der Waals surface area contributed by atoms with Gasteiger partial charge in [-0.25, -0.2) is 13.8 Å². The van der Waals surface area contributed by atoms with Crippen LogP contribution in [0.4, 0.5) is 8.78 Å². The SMILES string of the molecule is Cc1cc(C(F)F)nc(Cl)c1C(=O)Cl. The van der Waals surface area contributed by atoms with Crippen molar-refractivity contribution in [2.24, 2.45) is 0 Å². The molecule has 0 saturated heterocycles. The number of pyridine rings is 1. The van der Waals surface area contributed by atoms with E-state index in [1.54, 1.807) is 0 Å². The van der Waals surface area contributed by atoms with Crippen molar-refractivity contribution >= 4 is 28.4 Å². The van der Waals surface area contributed by atoms with E-state index in [4.69, 9.17) is 23.2 Å². The van der Waals surface area contributed by atoms with Crippen LogP contribution in [-0.4, -0.2) is 10.2 Å². The molecule has 0 atom stereocenters. The highest BCUT2D eigenvalue weighted by Crippen LogP contribution is 2.25. The number of carbonyl (C=O) groups is 1. The maximum atomic E-state index is 12.2. The molecule has 1 rings (SSSR count). The van der Waals surface area contributed by atoms with E-state index in [0.717, 1.165) is 6.07 Å². The number of carbonyl (C=O) groups excluding carboxylic acids is 1. The third-order valence-electron chi connectivity index (χ3n) is 1.61. The average Bonchev–Trinajstić information content (AvgIpc) is 2.01. The Hall–Kier alpha value is -0.740. The first kappa shape index (κ1) is 11.3. The van der Waals surface area contributed by atoms with Crippen LogP contribution < -0.4 is 0 Å². The van der Waals surface area contributed by atoms with Gasteiger partial charge < -0.3 is 0 Å². The van der Waals surface area contributed by atoms with Crippen LogP contribution in [-0.2, 0) is 0 Å². The molecule has 0 unspecified atom stereocenters. The monoisotopic (exact) mass is 239 g/mol. The van der Waals surface area contributed by atoms with E-state index in [1.807, 2.05) is 0 Å². The summed E-state index contributed by atoms with van der Waals surface area (Å²) in [4.78, 5) is 14.2. The summed E-state index contributed by atoms with van der Waals surface area (Å²) in [5.41, 5.74) is -0.202. The molecule has 0 aliphatic carbocycles. The lowest BCUT2D eigenvalue weighted by atomic mass is 10.1. The van der Waals surface area contributed by atoms with Crippen LogP contribution in [0.3, 0.4) is 0 Å². The minimum Gasteiger partial charge on any atom is -0.275 e. The zero-order valence-corrected chi connectivity index (χ0v) is 8.53. The lowest BCUT2D eigenvalue weighted by Gasteiger charge is -2.05. The molecule has 14 heavy (non-hydrogen) atoms. The molecule has 0 aliphatic rings. The van der Waals surface area contributed by atoms with E-state index >= 15 is 0 Å². The van der Waals surface area contributed by atoms with Gasteiger partial charge in [-0.2, -0.15) is 0 Å². The van der Waals surface area contributed by atoms with Crippen molar-refractivity contribution in [3.63, 3.8) is 0 Å². The normalized spacial score (nSPS) is 10.7. The van der Waals surface area contributed by atoms with Gasteiger partial charge in [-0.05, 0) is 30.2 Å². The lowest BCUT2D eigenvalue weighted by Crippen LogP contribution is -2.01. The van der Waals surface area contributed by atoms with Gasteiger partial charge in [-0.3, -0.25) is 4.79 Å². The summed E-state index contributed by atoms with van der Waals surface area (Å²) in [7, 11) is 0. The predicted octanol–water partition coefficient (Wildman–Crippen LogP) is 3.36. The van der Waals surface area contributed by atoms with E-state index in [2.05, 4.69) is 4.98 Å². The maximum Gasteiger partial charge on any atom is 0.280 e. The Balaban J connectivity index is 3.32. The summed E-state index contributed by atoms with van der Waals surface area (Å²) in [5.74, 6) is 0. The number of rotatable bonds is 2. The molecule has 0 aliphatic heterocycles.